The van der Waals surface area contributed by atoms with Gasteiger partial charge in [0.2, 0.25) is 0 Å². The Hall–Kier alpha value is -0.0600. The lowest BCUT2D eigenvalue weighted by Gasteiger charge is -2.08. The van der Waals surface area contributed by atoms with Crippen molar-refractivity contribution in [1.82, 2.24) is 10.3 Å². The number of hydrogen-bond donors (Lipinski definition) is 1. The van der Waals surface area contributed by atoms with Gasteiger partial charge in [-0.3, -0.25) is 0 Å². The average Bonchev–Trinajstić information content (AvgIpc) is 2.94. The molecule has 1 aromatic heterocycles. The molecule has 19 heavy (non-hydrogen) atoms. The van der Waals surface area contributed by atoms with Gasteiger partial charge in [-0.25, -0.2) is 4.98 Å². The first-order valence-corrected chi connectivity index (χ1v) is 9.26. The number of thioether (sulfide) groups is 1. The van der Waals surface area contributed by atoms with Gasteiger partial charge in [0, 0.05) is 17.5 Å². The van der Waals surface area contributed by atoms with Crippen LogP contribution < -0.4 is 5.32 Å². The molecular weight excluding hydrogens is 272 g/mol. The lowest BCUT2D eigenvalue weighted by molar-refractivity contribution is 0.581. The molecule has 0 bridgehead atoms. The predicted molar refractivity (Wildman–Crippen MR) is 87.1 cm³/mol. The normalized spacial score (nSPS) is 19.8. The van der Waals surface area contributed by atoms with E-state index in [1.165, 1.54) is 34.2 Å². The van der Waals surface area contributed by atoms with Crippen LogP contribution in [0.3, 0.4) is 0 Å². The largest absolute Gasteiger partial charge is 0.310 e. The molecule has 1 aliphatic rings. The summed E-state index contributed by atoms with van der Waals surface area (Å²) in [4.78, 5) is 6.43. The Balaban J connectivity index is 2.12. The average molecular weight is 299 g/mol. The van der Waals surface area contributed by atoms with Gasteiger partial charge in [0.05, 0.1) is 10.9 Å². The molecule has 0 amide bonds. The van der Waals surface area contributed by atoms with Crippen molar-refractivity contribution in [2.75, 3.05) is 5.75 Å². The van der Waals surface area contributed by atoms with Gasteiger partial charge < -0.3 is 5.32 Å². The molecule has 1 atom stereocenters. The minimum Gasteiger partial charge on any atom is -0.310 e. The number of hydrogen-bond acceptors (Lipinski definition) is 4. The van der Waals surface area contributed by atoms with E-state index in [-0.39, 0.29) is 0 Å². The quantitative estimate of drug-likeness (QED) is 0.842. The first-order valence-electron chi connectivity index (χ1n) is 7.39. The fourth-order valence-electron chi connectivity index (χ4n) is 2.29. The molecule has 0 radical (unpaired) electrons. The molecule has 108 valence electrons. The molecule has 0 saturated carbocycles. The van der Waals surface area contributed by atoms with E-state index in [0.717, 1.165) is 13.0 Å². The van der Waals surface area contributed by atoms with Crippen LogP contribution in [-0.4, -0.2) is 16.8 Å². The van der Waals surface area contributed by atoms with Crippen molar-refractivity contribution in [2.24, 2.45) is 5.92 Å². The molecule has 2 nitrogen and oxygen atoms in total. The van der Waals surface area contributed by atoms with Gasteiger partial charge in [0.1, 0.15) is 5.01 Å². The van der Waals surface area contributed by atoms with E-state index < -0.39 is 0 Å². The maximum Gasteiger partial charge on any atom is 0.106 e. The fraction of sp³-hybridized carbons (Fsp3) is 0.800. The molecule has 1 fully saturated rings. The van der Waals surface area contributed by atoms with Crippen molar-refractivity contribution < 1.29 is 0 Å². The molecule has 1 saturated heterocycles. The summed E-state index contributed by atoms with van der Waals surface area (Å²) in [6, 6.07) is 0.540. The second kappa shape index (κ2) is 7.09. The summed E-state index contributed by atoms with van der Waals surface area (Å²) in [6.07, 6.45) is 3.79. The first kappa shape index (κ1) is 15.3. The Morgan fingerprint density at radius 3 is 2.68 bits per heavy atom. The maximum atomic E-state index is 4.97. The van der Waals surface area contributed by atoms with Gasteiger partial charge in [0.15, 0.2) is 0 Å². The van der Waals surface area contributed by atoms with Crippen LogP contribution >= 0.6 is 23.1 Å². The Morgan fingerprint density at radius 1 is 1.32 bits per heavy atom. The Morgan fingerprint density at radius 2 is 2.11 bits per heavy atom. The molecule has 0 aromatic carbocycles. The molecule has 2 rings (SSSR count). The van der Waals surface area contributed by atoms with E-state index in [2.05, 4.69) is 44.8 Å². The van der Waals surface area contributed by atoms with Crippen LogP contribution in [0.4, 0.5) is 0 Å². The molecule has 4 heteroatoms. The number of nitrogens with zero attached hydrogens (tertiary/aromatic N) is 1. The zero-order chi connectivity index (χ0) is 13.8. The molecule has 2 heterocycles. The first-order chi connectivity index (χ1) is 9.06. The van der Waals surface area contributed by atoms with Crippen LogP contribution in [0.1, 0.15) is 61.4 Å². The van der Waals surface area contributed by atoms with Crippen LogP contribution in [0.5, 0.6) is 0 Å². The van der Waals surface area contributed by atoms with Gasteiger partial charge in [-0.15, -0.1) is 11.3 Å². The van der Waals surface area contributed by atoms with Crippen LogP contribution in [0.25, 0.3) is 0 Å². The molecule has 1 aliphatic heterocycles. The molecule has 1 aromatic rings. The van der Waals surface area contributed by atoms with Crippen LogP contribution in [-0.2, 0) is 13.0 Å². The third kappa shape index (κ3) is 4.47. The molecule has 0 aliphatic carbocycles. The lowest BCUT2D eigenvalue weighted by atomic mass is 10.1. The second-order valence-electron chi connectivity index (χ2n) is 6.06. The van der Waals surface area contributed by atoms with Gasteiger partial charge >= 0.3 is 0 Å². The molecular formula is C15H26N2S2. The molecule has 1 unspecified atom stereocenters. The maximum absolute atomic E-state index is 4.97. The standard InChI is InChI=1S/C15H26N2S2/c1-10(2)8-12-14(9-16-11(3)4)19-15(17-12)13-6-5-7-18-13/h10-11,13,16H,5-9H2,1-4H3. The Bertz CT molecular complexity index is 393. The van der Waals surface area contributed by atoms with E-state index in [4.69, 9.17) is 4.98 Å². The fourth-order valence-corrected chi connectivity index (χ4v) is 4.85. The monoisotopic (exact) mass is 298 g/mol. The van der Waals surface area contributed by atoms with Crippen molar-refractivity contribution in [3.63, 3.8) is 0 Å². The van der Waals surface area contributed by atoms with Gasteiger partial charge in [-0.1, -0.05) is 27.7 Å². The third-order valence-corrected chi connectivity index (χ3v) is 6.02. The van der Waals surface area contributed by atoms with E-state index >= 15 is 0 Å². The third-order valence-electron chi connectivity index (χ3n) is 3.27. The highest BCUT2D eigenvalue weighted by molar-refractivity contribution is 7.99. The predicted octanol–water partition coefficient (Wildman–Crippen LogP) is 4.41. The van der Waals surface area contributed by atoms with E-state index in [0.29, 0.717) is 17.2 Å². The van der Waals surface area contributed by atoms with Crippen molar-refractivity contribution in [3.05, 3.63) is 15.6 Å². The van der Waals surface area contributed by atoms with Crippen LogP contribution in [0.2, 0.25) is 0 Å². The number of rotatable bonds is 6. The summed E-state index contributed by atoms with van der Waals surface area (Å²) in [5, 5.41) is 5.59. The molecule has 0 spiro atoms. The van der Waals surface area contributed by atoms with Gasteiger partial charge in [0.25, 0.3) is 0 Å². The minimum atomic E-state index is 0.540. The summed E-state index contributed by atoms with van der Waals surface area (Å²) in [5.74, 6) is 1.99. The SMILES string of the molecule is CC(C)Cc1nc(C2CCCS2)sc1CNC(C)C. The number of thiazole rings is 1. The van der Waals surface area contributed by atoms with Crippen molar-refractivity contribution >= 4 is 23.1 Å². The summed E-state index contributed by atoms with van der Waals surface area (Å²) in [7, 11) is 0. The van der Waals surface area contributed by atoms with E-state index in [9.17, 15) is 0 Å². The highest BCUT2D eigenvalue weighted by atomic mass is 32.2. The van der Waals surface area contributed by atoms with Crippen molar-refractivity contribution in [3.8, 4) is 0 Å². The van der Waals surface area contributed by atoms with E-state index in [1.54, 1.807) is 0 Å². The van der Waals surface area contributed by atoms with Crippen LogP contribution in [0.15, 0.2) is 0 Å². The summed E-state index contributed by atoms with van der Waals surface area (Å²) >= 11 is 4.03. The van der Waals surface area contributed by atoms with E-state index in [1.807, 2.05) is 11.3 Å². The van der Waals surface area contributed by atoms with Gasteiger partial charge in [-0.05, 0) is 30.9 Å². The van der Waals surface area contributed by atoms with Crippen LogP contribution in [0, 0.1) is 5.92 Å². The Kier molecular flexibility index (Phi) is 5.72. The summed E-state index contributed by atoms with van der Waals surface area (Å²) in [6.45, 7) is 9.95. The zero-order valence-electron chi connectivity index (χ0n) is 12.5. The van der Waals surface area contributed by atoms with Crippen molar-refractivity contribution in [2.45, 2.75) is 64.8 Å². The lowest BCUT2D eigenvalue weighted by Crippen LogP contribution is -2.22. The van der Waals surface area contributed by atoms with Crippen molar-refractivity contribution in [1.29, 1.82) is 0 Å². The number of nitrogens with one attached hydrogen (secondary N) is 1. The summed E-state index contributed by atoms with van der Waals surface area (Å²) in [5.41, 5.74) is 1.34. The topological polar surface area (TPSA) is 24.9 Å². The Labute approximate surface area is 125 Å². The minimum absolute atomic E-state index is 0.540. The molecule has 1 N–H and O–H groups in total. The smallest absolute Gasteiger partial charge is 0.106 e. The second-order valence-corrected chi connectivity index (χ2v) is 8.48. The van der Waals surface area contributed by atoms with Gasteiger partial charge in [-0.2, -0.15) is 11.8 Å². The summed E-state index contributed by atoms with van der Waals surface area (Å²) < 4.78 is 0. The zero-order valence-corrected chi connectivity index (χ0v) is 14.2. The highest BCUT2D eigenvalue weighted by Crippen LogP contribution is 2.42. The highest BCUT2D eigenvalue weighted by Gasteiger charge is 2.23. The number of aromatic nitrogens is 1.